The maximum Gasteiger partial charge on any atom is 0.156 e. The van der Waals surface area contributed by atoms with E-state index in [2.05, 4.69) is 5.10 Å². The van der Waals surface area contributed by atoms with Gasteiger partial charge in [-0.1, -0.05) is 18.2 Å². The number of rotatable bonds is 2. The fourth-order valence-corrected chi connectivity index (χ4v) is 1.20. The zero-order chi connectivity index (χ0) is 9.97. The van der Waals surface area contributed by atoms with Crippen molar-refractivity contribution in [1.29, 1.82) is 0 Å². The van der Waals surface area contributed by atoms with Crippen molar-refractivity contribution in [3.63, 3.8) is 0 Å². The van der Waals surface area contributed by atoms with Crippen molar-refractivity contribution in [3.05, 3.63) is 42.1 Å². The van der Waals surface area contributed by atoms with Crippen molar-refractivity contribution in [1.82, 2.24) is 9.78 Å². The average molecular weight is 187 g/mol. The first-order valence-electron chi connectivity index (χ1n) is 4.17. The largest absolute Gasteiger partial charge is 0.382 e. The number of anilines is 1. The van der Waals surface area contributed by atoms with Crippen molar-refractivity contribution in [2.75, 3.05) is 5.73 Å². The molecule has 0 aliphatic heterocycles. The third-order valence-electron chi connectivity index (χ3n) is 1.92. The number of benzene rings is 1. The Morgan fingerprint density at radius 1 is 1.29 bits per heavy atom. The summed E-state index contributed by atoms with van der Waals surface area (Å²) in [6.07, 6.45) is 2.30. The molecule has 1 aromatic heterocycles. The lowest BCUT2D eigenvalue weighted by molar-refractivity contribution is 0.112. The standard InChI is InChI=1S/C10H9N3O/c11-10-8(7-14)6-13(12-10)9-4-2-1-3-5-9/h1-7H,(H2,11,12). The first-order chi connectivity index (χ1) is 6.81. The number of hydrogen-bond donors (Lipinski definition) is 1. The second-order valence-corrected chi connectivity index (χ2v) is 2.87. The van der Waals surface area contributed by atoms with E-state index in [1.165, 1.54) is 0 Å². The lowest BCUT2D eigenvalue weighted by atomic mass is 10.3. The molecular formula is C10H9N3O. The molecule has 1 aromatic carbocycles. The lowest BCUT2D eigenvalue weighted by Gasteiger charge is -1.98. The molecular weight excluding hydrogens is 178 g/mol. The van der Waals surface area contributed by atoms with E-state index in [4.69, 9.17) is 5.73 Å². The molecule has 0 saturated carbocycles. The molecule has 0 radical (unpaired) electrons. The van der Waals surface area contributed by atoms with Gasteiger partial charge in [0, 0.05) is 6.20 Å². The Balaban J connectivity index is 2.48. The van der Waals surface area contributed by atoms with Crippen LogP contribution in [0, 0.1) is 0 Å². The molecule has 0 saturated heterocycles. The molecule has 4 heteroatoms. The summed E-state index contributed by atoms with van der Waals surface area (Å²) in [5, 5.41) is 4.01. The minimum Gasteiger partial charge on any atom is -0.382 e. The van der Waals surface area contributed by atoms with Crippen molar-refractivity contribution < 1.29 is 4.79 Å². The van der Waals surface area contributed by atoms with E-state index in [1.807, 2.05) is 30.3 Å². The zero-order valence-electron chi connectivity index (χ0n) is 7.42. The fraction of sp³-hybridized carbons (Fsp3) is 0. The maximum atomic E-state index is 10.5. The Morgan fingerprint density at radius 3 is 2.57 bits per heavy atom. The van der Waals surface area contributed by atoms with Crippen LogP contribution in [0.15, 0.2) is 36.5 Å². The van der Waals surface area contributed by atoms with Gasteiger partial charge in [-0.25, -0.2) is 4.68 Å². The Kier molecular flexibility index (Phi) is 2.02. The number of carbonyl (C=O) groups is 1. The number of aldehydes is 1. The smallest absolute Gasteiger partial charge is 0.156 e. The molecule has 4 nitrogen and oxygen atoms in total. The molecule has 70 valence electrons. The van der Waals surface area contributed by atoms with Crippen LogP contribution >= 0.6 is 0 Å². The van der Waals surface area contributed by atoms with Crippen LogP contribution < -0.4 is 5.73 Å². The van der Waals surface area contributed by atoms with Gasteiger partial charge in [0.1, 0.15) is 0 Å². The Morgan fingerprint density at radius 2 is 2.00 bits per heavy atom. The molecule has 0 aliphatic carbocycles. The molecule has 0 bridgehead atoms. The summed E-state index contributed by atoms with van der Waals surface area (Å²) < 4.78 is 1.58. The molecule has 0 atom stereocenters. The van der Waals surface area contributed by atoms with Gasteiger partial charge in [0.25, 0.3) is 0 Å². The van der Waals surface area contributed by atoms with Gasteiger partial charge in [0.05, 0.1) is 11.3 Å². The second-order valence-electron chi connectivity index (χ2n) is 2.87. The molecule has 2 N–H and O–H groups in total. The van der Waals surface area contributed by atoms with Crippen LogP contribution in [-0.2, 0) is 0 Å². The Labute approximate surface area is 81.0 Å². The van der Waals surface area contributed by atoms with Crippen LogP contribution in [0.5, 0.6) is 0 Å². The number of carbonyl (C=O) groups excluding carboxylic acids is 1. The number of nitrogen functional groups attached to an aromatic ring is 1. The highest BCUT2D eigenvalue weighted by Gasteiger charge is 2.04. The quantitative estimate of drug-likeness (QED) is 0.720. The number of nitrogens with two attached hydrogens (primary N) is 1. The summed E-state index contributed by atoms with van der Waals surface area (Å²) in [6, 6.07) is 9.49. The molecule has 0 amide bonds. The van der Waals surface area contributed by atoms with E-state index in [-0.39, 0.29) is 5.82 Å². The van der Waals surface area contributed by atoms with Gasteiger partial charge in [-0.2, -0.15) is 0 Å². The Bertz CT molecular complexity index is 448. The van der Waals surface area contributed by atoms with E-state index in [9.17, 15) is 4.79 Å². The Hall–Kier alpha value is -2.10. The van der Waals surface area contributed by atoms with Gasteiger partial charge in [0.15, 0.2) is 12.1 Å². The van der Waals surface area contributed by atoms with Gasteiger partial charge >= 0.3 is 0 Å². The first kappa shape index (κ1) is 8.50. The van der Waals surface area contributed by atoms with Gasteiger partial charge < -0.3 is 5.73 Å². The predicted molar refractivity (Wildman–Crippen MR) is 53.4 cm³/mol. The molecule has 0 unspecified atom stereocenters. The third-order valence-corrected chi connectivity index (χ3v) is 1.92. The highest BCUT2D eigenvalue weighted by Crippen LogP contribution is 2.11. The summed E-state index contributed by atoms with van der Waals surface area (Å²) in [5.74, 6) is 0.254. The molecule has 0 spiro atoms. The summed E-state index contributed by atoms with van der Waals surface area (Å²) in [6.45, 7) is 0. The molecule has 0 fully saturated rings. The van der Waals surface area contributed by atoms with E-state index in [0.29, 0.717) is 11.8 Å². The maximum absolute atomic E-state index is 10.5. The predicted octanol–water partition coefficient (Wildman–Crippen LogP) is 1.27. The van der Waals surface area contributed by atoms with Crippen LogP contribution in [0.3, 0.4) is 0 Å². The molecule has 1 heterocycles. The number of nitrogens with zero attached hydrogens (tertiary/aromatic N) is 2. The minimum atomic E-state index is 0.254. The highest BCUT2D eigenvalue weighted by molar-refractivity contribution is 5.81. The van der Waals surface area contributed by atoms with E-state index >= 15 is 0 Å². The number of hydrogen-bond acceptors (Lipinski definition) is 3. The molecule has 2 aromatic rings. The van der Waals surface area contributed by atoms with E-state index in [1.54, 1.807) is 10.9 Å². The van der Waals surface area contributed by atoms with E-state index in [0.717, 1.165) is 5.69 Å². The zero-order valence-corrected chi connectivity index (χ0v) is 7.42. The van der Waals surface area contributed by atoms with Crippen LogP contribution in [0.4, 0.5) is 5.82 Å². The molecule has 0 aliphatic rings. The normalized spacial score (nSPS) is 10.0. The summed E-state index contributed by atoms with van der Waals surface area (Å²) in [4.78, 5) is 10.5. The van der Waals surface area contributed by atoms with Gasteiger partial charge in [0.2, 0.25) is 0 Å². The van der Waals surface area contributed by atoms with Crippen LogP contribution in [-0.4, -0.2) is 16.1 Å². The van der Waals surface area contributed by atoms with Crippen molar-refractivity contribution in [2.45, 2.75) is 0 Å². The minimum absolute atomic E-state index is 0.254. The van der Waals surface area contributed by atoms with E-state index < -0.39 is 0 Å². The van der Waals surface area contributed by atoms with Crippen LogP contribution in [0.25, 0.3) is 5.69 Å². The van der Waals surface area contributed by atoms with Crippen molar-refractivity contribution >= 4 is 12.1 Å². The SMILES string of the molecule is Nc1nn(-c2ccccc2)cc1C=O. The summed E-state index contributed by atoms with van der Waals surface area (Å²) in [7, 11) is 0. The van der Waals surface area contributed by atoms with Gasteiger partial charge in [-0.05, 0) is 12.1 Å². The second kappa shape index (κ2) is 3.33. The summed E-state index contributed by atoms with van der Waals surface area (Å²) >= 11 is 0. The number of aromatic nitrogens is 2. The van der Waals surface area contributed by atoms with Crippen molar-refractivity contribution in [2.24, 2.45) is 0 Å². The van der Waals surface area contributed by atoms with Crippen LogP contribution in [0.2, 0.25) is 0 Å². The highest BCUT2D eigenvalue weighted by atomic mass is 16.1. The molecule has 2 rings (SSSR count). The first-order valence-corrected chi connectivity index (χ1v) is 4.17. The van der Waals surface area contributed by atoms with Crippen molar-refractivity contribution in [3.8, 4) is 5.69 Å². The third kappa shape index (κ3) is 1.37. The van der Waals surface area contributed by atoms with Gasteiger partial charge in [-0.15, -0.1) is 5.10 Å². The number of para-hydroxylation sites is 1. The average Bonchev–Trinajstić information content (AvgIpc) is 2.61. The van der Waals surface area contributed by atoms with Crippen LogP contribution in [0.1, 0.15) is 10.4 Å². The topological polar surface area (TPSA) is 60.9 Å². The monoisotopic (exact) mass is 187 g/mol. The molecule has 14 heavy (non-hydrogen) atoms. The fourth-order valence-electron chi connectivity index (χ4n) is 1.20. The summed E-state index contributed by atoms with van der Waals surface area (Å²) in [5.41, 5.74) is 6.82. The lowest BCUT2D eigenvalue weighted by Crippen LogP contribution is -1.95. The van der Waals surface area contributed by atoms with Gasteiger partial charge in [-0.3, -0.25) is 4.79 Å².